The number of rotatable bonds is 2. The second-order valence-electron chi connectivity index (χ2n) is 2.54. The molecule has 0 atom stereocenters. The smallest absolute Gasteiger partial charge is 0.267 e. The summed E-state index contributed by atoms with van der Waals surface area (Å²) >= 11 is 1.87. The summed E-state index contributed by atoms with van der Waals surface area (Å²) < 4.78 is 25.5. The van der Waals surface area contributed by atoms with Crippen molar-refractivity contribution in [3.63, 3.8) is 0 Å². The van der Waals surface area contributed by atoms with E-state index < -0.39 is 6.43 Å². The zero-order chi connectivity index (χ0) is 10.7. The molecule has 74 valence electrons. The van der Waals surface area contributed by atoms with Crippen LogP contribution in [0.2, 0.25) is 0 Å². The van der Waals surface area contributed by atoms with Gasteiger partial charge in [0.05, 0.1) is 18.1 Å². The van der Waals surface area contributed by atoms with E-state index in [2.05, 4.69) is 4.98 Å². The van der Waals surface area contributed by atoms with Gasteiger partial charge in [0.25, 0.3) is 6.43 Å². The van der Waals surface area contributed by atoms with Gasteiger partial charge in [-0.25, -0.2) is 13.8 Å². The van der Waals surface area contributed by atoms with Gasteiger partial charge < -0.3 is 5.73 Å². The Morgan fingerprint density at radius 2 is 2.29 bits per heavy atom. The molecule has 0 fully saturated rings. The molecule has 0 saturated carbocycles. The molecule has 0 unspecified atom stereocenters. The van der Waals surface area contributed by atoms with Crippen LogP contribution in [0.5, 0.6) is 0 Å². The summed E-state index contributed by atoms with van der Waals surface area (Å²) in [5.41, 5.74) is 5.27. The molecule has 0 aliphatic carbocycles. The summed E-state index contributed by atoms with van der Waals surface area (Å²) in [6.07, 6.45) is -2.77. The van der Waals surface area contributed by atoms with Gasteiger partial charge in [0, 0.05) is 0 Å². The van der Waals surface area contributed by atoms with Gasteiger partial charge in [-0.2, -0.15) is 5.26 Å². The fourth-order valence-corrected chi connectivity index (χ4v) is 1.71. The number of hydrogen-bond acceptors (Lipinski definition) is 3. The van der Waals surface area contributed by atoms with Crippen molar-refractivity contribution < 1.29 is 8.78 Å². The molecular formula is C8H6F2IN3. The molecule has 0 bridgehead atoms. The first-order valence-electron chi connectivity index (χ1n) is 3.66. The molecule has 1 aromatic heterocycles. The third kappa shape index (κ3) is 2.29. The van der Waals surface area contributed by atoms with Crippen molar-refractivity contribution in [1.29, 1.82) is 5.26 Å². The van der Waals surface area contributed by atoms with E-state index in [-0.39, 0.29) is 23.4 Å². The van der Waals surface area contributed by atoms with E-state index in [1.807, 2.05) is 28.7 Å². The Kier molecular flexibility index (Phi) is 3.57. The van der Waals surface area contributed by atoms with Crippen molar-refractivity contribution >= 4 is 28.4 Å². The van der Waals surface area contributed by atoms with E-state index >= 15 is 0 Å². The van der Waals surface area contributed by atoms with Crippen LogP contribution in [0.3, 0.4) is 0 Å². The number of hydrogen-bond donors (Lipinski definition) is 1. The lowest BCUT2D eigenvalue weighted by molar-refractivity contribution is 0.151. The molecule has 6 heteroatoms. The van der Waals surface area contributed by atoms with Crippen LogP contribution in [0.4, 0.5) is 14.6 Å². The summed E-state index contributed by atoms with van der Waals surface area (Å²) in [5.74, 6) is -0.197. The number of anilines is 1. The highest BCUT2D eigenvalue weighted by Crippen LogP contribution is 2.28. The molecule has 0 aliphatic rings. The number of nitrogens with zero attached hydrogens (tertiary/aromatic N) is 2. The highest BCUT2D eigenvalue weighted by atomic mass is 127. The molecule has 0 spiro atoms. The monoisotopic (exact) mass is 309 g/mol. The second-order valence-corrected chi connectivity index (χ2v) is 3.64. The van der Waals surface area contributed by atoms with E-state index in [1.54, 1.807) is 0 Å². The van der Waals surface area contributed by atoms with Crippen LogP contribution < -0.4 is 5.73 Å². The van der Waals surface area contributed by atoms with E-state index in [0.29, 0.717) is 3.70 Å². The van der Waals surface area contributed by atoms with Crippen molar-refractivity contribution in [2.75, 3.05) is 5.73 Å². The molecule has 0 amide bonds. The Morgan fingerprint density at radius 1 is 1.64 bits per heavy atom. The maximum atomic E-state index is 12.5. The van der Waals surface area contributed by atoms with E-state index in [4.69, 9.17) is 11.0 Å². The van der Waals surface area contributed by atoms with Gasteiger partial charge in [-0.05, 0) is 34.2 Å². The number of alkyl halides is 2. The van der Waals surface area contributed by atoms with Crippen LogP contribution in [0, 0.1) is 15.0 Å². The summed E-state index contributed by atoms with van der Waals surface area (Å²) in [4.78, 5) is 3.71. The van der Waals surface area contributed by atoms with E-state index in [9.17, 15) is 8.78 Å². The van der Waals surface area contributed by atoms with Gasteiger partial charge in [0.1, 0.15) is 9.52 Å². The minimum absolute atomic E-state index is 0.0810. The van der Waals surface area contributed by atoms with Crippen LogP contribution in [0.1, 0.15) is 17.6 Å². The summed E-state index contributed by atoms with van der Waals surface area (Å²) in [7, 11) is 0. The topological polar surface area (TPSA) is 62.7 Å². The predicted octanol–water partition coefficient (Wildman–Crippen LogP) is 2.27. The van der Waals surface area contributed by atoms with Crippen molar-refractivity contribution in [3.8, 4) is 6.07 Å². The lowest BCUT2D eigenvalue weighted by Crippen LogP contribution is -2.04. The second kappa shape index (κ2) is 4.50. The third-order valence-electron chi connectivity index (χ3n) is 1.63. The minimum atomic E-state index is -2.69. The molecule has 0 saturated heterocycles. The first-order valence-corrected chi connectivity index (χ1v) is 4.74. The number of nitriles is 1. The number of pyridine rings is 1. The Bertz CT molecular complexity index is 387. The maximum absolute atomic E-state index is 12.5. The zero-order valence-corrected chi connectivity index (χ0v) is 9.12. The first-order chi connectivity index (χ1) is 6.56. The lowest BCUT2D eigenvalue weighted by atomic mass is 10.1. The van der Waals surface area contributed by atoms with Gasteiger partial charge in [-0.15, -0.1) is 0 Å². The Hall–Kier alpha value is -0.970. The largest absolute Gasteiger partial charge is 0.383 e. The van der Waals surface area contributed by atoms with Crippen molar-refractivity contribution in [3.05, 3.63) is 20.9 Å². The molecule has 3 nitrogen and oxygen atoms in total. The first kappa shape index (κ1) is 11.1. The van der Waals surface area contributed by atoms with Crippen LogP contribution in [-0.2, 0) is 6.42 Å². The van der Waals surface area contributed by atoms with E-state index in [1.165, 1.54) is 6.07 Å². The van der Waals surface area contributed by atoms with Gasteiger partial charge in [-0.3, -0.25) is 0 Å². The molecular weight excluding hydrogens is 303 g/mol. The number of halogens is 3. The normalized spacial score (nSPS) is 10.2. The summed E-state index contributed by atoms with van der Waals surface area (Å²) in [6.45, 7) is 0. The molecule has 1 rings (SSSR count). The highest BCUT2D eigenvalue weighted by Gasteiger charge is 2.18. The van der Waals surface area contributed by atoms with Crippen molar-refractivity contribution in [2.45, 2.75) is 12.8 Å². The van der Waals surface area contributed by atoms with Crippen LogP contribution in [0.25, 0.3) is 0 Å². The molecule has 0 radical (unpaired) electrons. The standard InChI is InChI=1S/C8H6F2IN3/c9-7(10)6-4(1-2-12)3-5(11)14-8(6)13/h3,7H,1H2,(H2,13,14). The highest BCUT2D eigenvalue weighted by molar-refractivity contribution is 14.1. The van der Waals surface area contributed by atoms with Crippen LogP contribution in [-0.4, -0.2) is 4.98 Å². The molecule has 1 heterocycles. The Morgan fingerprint density at radius 3 is 2.79 bits per heavy atom. The zero-order valence-electron chi connectivity index (χ0n) is 6.97. The maximum Gasteiger partial charge on any atom is 0.267 e. The average Bonchev–Trinajstić information content (AvgIpc) is 2.01. The molecule has 2 N–H and O–H groups in total. The van der Waals surface area contributed by atoms with Crippen LogP contribution in [0.15, 0.2) is 6.07 Å². The minimum Gasteiger partial charge on any atom is -0.383 e. The van der Waals surface area contributed by atoms with Gasteiger partial charge in [0.2, 0.25) is 0 Å². The summed E-state index contributed by atoms with van der Waals surface area (Å²) in [6, 6.07) is 3.26. The Balaban J connectivity index is 3.30. The van der Waals surface area contributed by atoms with Gasteiger partial charge in [-0.1, -0.05) is 0 Å². The fraction of sp³-hybridized carbons (Fsp3) is 0.250. The predicted molar refractivity (Wildman–Crippen MR) is 55.6 cm³/mol. The number of nitrogen functional groups attached to an aromatic ring is 1. The third-order valence-corrected chi connectivity index (χ3v) is 2.18. The van der Waals surface area contributed by atoms with Gasteiger partial charge in [0.15, 0.2) is 0 Å². The fourth-order valence-electron chi connectivity index (χ4n) is 1.08. The SMILES string of the molecule is N#CCc1cc(I)nc(N)c1C(F)F. The number of nitrogens with two attached hydrogens (primary N) is 1. The van der Waals surface area contributed by atoms with Crippen molar-refractivity contribution in [2.24, 2.45) is 0 Å². The summed E-state index contributed by atoms with van der Waals surface area (Å²) in [5, 5.41) is 8.45. The molecule has 0 aliphatic heterocycles. The van der Waals surface area contributed by atoms with Crippen LogP contribution >= 0.6 is 22.6 Å². The molecule has 0 aromatic carbocycles. The number of aromatic nitrogens is 1. The average molecular weight is 309 g/mol. The lowest BCUT2D eigenvalue weighted by Gasteiger charge is -2.08. The quantitative estimate of drug-likeness (QED) is 0.673. The molecule has 14 heavy (non-hydrogen) atoms. The van der Waals surface area contributed by atoms with Crippen molar-refractivity contribution in [1.82, 2.24) is 4.98 Å². The van der Waals surface area contributed by atoms with Gasteiger partial charge >= 0.3 is 0 Å². The molecule has 1 aromatic rings. The van der Waals surface area contributed by atoms with E-state index in [0.717, 1.165) is 0 Å². The Labute approximate surface area is 93.1 Å².